The topological polar surface area (TPSA) is 78.5 Å². The van der Waals surface area contributed by atoms with Crippen molar-refractivity contribution in [2.75, 3.05) is 33.2 Å². The van der Waals surface area contributed by atoms with Crippen LogP contribution in [0.3, 0.4) is 0 Å². The zero-order valence-corrected chi connectivity index (χ0v) is 15.9. The molecule has 1 aliphatic heterocycles. The molecular weight excluding hydrogens is 338 g/mol. The maximum Gasteiger partial charge on any atom is 0.240 e. The van der Waals surface area contributed by atoms with Crippen molar-refractivity contribution in [2.24, 2.45) is 5.92 Å². The van der Waals surface area contributed by atoms with Crippen molar-refractivity contribution >= 4 is 15.9 Å². The van der Waals surface area contributed by atoms with Gasteiger partial charge in [-0.2, -0.15) is 0 Å². The standard InChI is InChI=1S/C18H29N3O3S/c1-15-4-3-12-21(14-15)13-11-20-18(22)10-7-16-5-8-17(9-6-16)25(23,24)19-2/h5-6,8-9,15,19H,3-4,7,10-14H2,1-2H3,(H,20,22). The number of likely N-dealkylation sites (tertiary alicyclic amines) is 1. The molecule has 1 aromatic rings. The summed E-state index contributed by atoms with van der Waals surface area (Å²) in [7, 11) is -2.02. The molecule has 25 heavy (non-hydrogen) atoms. The Labute approximate surface area is 151 Å². The van der Waals surface area contributed by atoms with Crippen LogP contribution in [0.5, 0.6) is 0 Å². The number of hydrogen-bond acceptors (Lipinski definition) is 4. The van der Waals surface area contributed by atoms with E-state index in [-0.39, 0.29) is 10.8 Å². The third-order valence-corrected chi connectivity index (χ3v) is 6.06. The molecule has 1 atom stereocenters. The molecular formula is C18H29N3O3S. The first-order valence-corrected chi connectivity index (χ1v) is 10.4. The summed E-state index contributed by atoms with van der Waals surface area (Å²) in [6, 6.07) is 6.65. The number of rotatable bonds is 8. The number of piperidine rings is 1. The molecule has 2 N–H and O–H groups in total. The molecule has 0 aromatic heterocycles. The maximum atomic E-state index is 12.0. The second kappa shape index (κ2) is 9.31. The first-order chi connectivity index (χ1) is 11.9. The van der Waals surface area contributed by atoms with Crippen LogP contribution in [0.2, 0.25) is 0 Å². The number of aryl methyl sites for hydroxylation is 1. The molecule has 1 aliphatic rings. The predicted molar refractivity (Wildman–Crippen MR) is 98.9 cm³/mol. The molecule has 0 spiro atoms. The van der Waals surface area contributed by atoms with Crippen LogP contribution in [0, 0.1) is 5.92 Å². The van der Waals surface area contributed by atoms with Crippen molar-refractivity contribution in [3.8, 4) is 0 Å². The van der Waals surface area contributed by atoms with Crippen LogP contribution in [0.15, 0.2) is 29.2 Å². The van der Waals surface area contributed by atoms with Crippen molar-refractivity contribution < 1.29 is 13.2 Å². The first-order valence-electron chi connectivity index (χ1n) is 8.92. The molecule has 1 saturated heterocycles. The Balaban J connectivity index is 1.69. The van der Waals surface area contributed by atoms with E-state index in [1.54, 1.807) is 24.3 Å². The fraction of sp³-hybridized carbons (Fsp3) is 0.611. The summed E-state index contributed by atoms with van der Waals surface area (Å²) in [5.41, 5.74) is 0.954. The van der Waals surface area contributed by atoms with Gasteiger partial charge in [0.2, 0.25) is 15.9 Å². The highest BCUT2D eigenvalue weighted by atomic mass is 32.2. The van der Waals surface area contributed by atoms with Crippen LogP contribution in [0.25, 0.3) is 0 Å². The Morgan fingerprint density at radius 1 is 1.28 bits per heavy atom. The number of nitrogens with zero attached hydrogens (tertiary/aromatic N) is 1. The third kappa shape index (κ3) is 6.41. The Morgan fingerprint density at radius 3 is 2.64 bits per heavy atom. The average molecular weight is 368 g/mol. The molecule has 1 unspecified atom stereocenters. The fourth-order valence-corrected chi connectivity index (χ4v) is 3.87. The fourth-order valence-electron chi connectivity index (χ4n) is 3.14. The number of benzene rings is 1. The average Bonchev–Trinajstić information content (AvgIpc) is 2.60. The number of carbonyl (C=O) groups is 1. The lowest BCUT2D eigenvalue weighted by molar-refractivity contribution is -0.121. The largest absolute Gasteiger partial charge is 0.355 e. The molecule has 6 nitrogen and oxygen atoms in total. The van der Waals surface area contributed by atoms with Gasteiger partial charge in [0.05, 0.1) is 4.90 Å². The molecule has 7 heteroatoms. The number of nitrogens with one attached hydrogen (secondary N) is 2. The van der Waals surface area contributed by atoms with E-state index in [9.17, 15) is 13.2 Å². The van der Waals surface area contributed by atoms with E-state index in [1.807, 2.05) is 0 Å². The minimum Gasteiger partial charge on any atom is -0.355 e. The molecule has 1 heterocycles. The monoisotopic (exact) mass is 367 g/mol. The minimum atomic E-state index is -3.41. The van der Waals surface area contributed by atoms with E-state index in [0.717, 1.165) is 31.1 Å². The van der Waals surface area contributed by atoms with Gasteiger partial charge in [-0.3, -0.25) is 4.79 Å². The highest BCUT2D eigenvalue weighted by molar-refractivity contribution is 7.89. The third-order valence-electron chi connectivity index (χ3n) is 4.63. The highest BCUT2D eigenvalue weighted by Gasteiger charge is 2.15. The van der Waals surface area contributed by atoms with Crippen LogP contribution < -0.4 is 10.0 Å². The minimum absolute atomic E-state index is 0.0389. The number of amides is 1. The van der Waals surface area contributed by atoms with Gasteiger partial charge in [0.25, 0.3) is 0 Å². The van der Waals surface area contributed by atoms with Gasteiger partial charge in [-0.1, -0.05) is 19.1 Å². The molecule has 0 saturated carbocycles. The second-order valence-corrected chi connectivity index (χ2v) is 8.64. The van der Waals surface area contributed by atoms with Gasteiger partial charge in [-0.15, -0.1) is 0 Å². The first kappa shape index (κ1) is 19.9. The molecule has 140 valence electrons. The van der Waals surface area contributed by atoms with Gasteiger partial charge in [-0.25, -0.2) is 13.1 Å². The zero-order chi connectivity index (χ0) is 18.3. The van der Waals surface area contributed by atoms with E-state index in [4.69, 9.17) is 0 Å². The lowest BCUT2D eigenvalue weighted by atomic mass is 10.0. The Bertz CT molecular complexity index is 659. The molecule has 0 bridgehead atoms. The van der Waals surface area contributed by atoms with E-state index in [0.29, 0.717) is 19.4 Å². The van der Waals surface area contributed by atoms with Crippen molar-refractivity contribution in [2.45, 2.75) is 37.5 Å². The van der Waals surface area contributed by atoms with Gasteiger partial charge in [0.1, 0.15) is 0 Å². The van der Waals surface area contributed by atoms with Crippen LogP contribution in [0.4, 0.5) is 0 Å². The summed E-state index contributed by atoms with van der Waals surface area (Å²) in [5.74, 6) is 0.788. The van der Waals surface area contributed by atoms with Crippen molar-refractivity contribution in [1.29, 1.82) is 0 Å². The molecule has 2 rings (SSSR count). The lowest BCUT2D eigenvalue weighted by Gasteiger charge is -2.30. The summed E-state index contributed by atoms with van der Waals surface area (Å²) in [6.07, 6.45) is 3.56. The molecule has 1 amide bonds. The Hall–Kier alpha value is -1.44. The van der Waals surface area contributed by atoms with Gasteiger partial charge in [0.15, 0.2) is 0 Å². The maximum absolute atomic E-state index is 12.0. The number of hydrogen-bond donors (Lipinski definition) is 2. The van der Waals surface area contributed by atoms with Crippen LogP contribution in [0.1, 0.15) is 31.7 Å². The van der Waals surface area contributed by atoms with Crippen LogP contribution >= 0.6 is 0 Å². The normalized spacial score (nSPS) is 18.9. The Morgan fingerprint density at radius 2 is 2.00 bits per heavy atom. The van der Waals surface area contributed by atoms with Crippen molar-refractivity contribution in [1.82, 2.24) is 14.9 Å². The van der Waals surface area contributed by atoms with E-state index >= 15 is 0 Å². The smallest absolute Gasteiger partial charge is 0.240 e. The van der Waals surface area contributed by atoms with Gasteiger partial charge < -0.3 is 10.2 Å². The molecule has 0 aliphatic carbocycles. The van der Waals surface area contributed by atoms with Crippen LogP contribution in [-0.4, -0.2) is 52.5 Å². The number of carbonyl (C=O) groups excluding carboxylic acids is 1. The predicted octanol–water partition coefficient (Wildman–Crippen LogP) is 1.38. The summed E-state index contributed by atoms with van der Waals surface area (Å²) < 4.78 is 25.6. The summed E-state index contributed by atoms with van der Waals surface area (Å²) in [4.78, 5) is 14.6. The second-order valence-electron chi connectivity index (χ2n) is 6.75. The van der Waals surface area contributed by atoms with E-state index in [2.05, 4.69) is 21.9 Å². The van der Waals surface area contributed by atoms with E-state index < -0.39 is 10.0 Å². The van der Waals surface area contributed by atoms with Crippen LogP contribution in [-0.2, 0) is 21.2 Å². The van der Waals surface area contributed by atoms with Gasteiger partial charge in [0, 0.05) is 26.1 Å². The van der Waals surface area contributed by atoms with Crippen molar-refractivity contribution in [3.05, 3.63) is 29.8 Å². The SMILES string of the molecule is CNS(=O)(=O)c1ccc(CCC(=O)NCCN2CCCC(C)C2)cc1. The van der Waals surface area contributed by atoms with Gasteiger partial charge in [-0.05, 0) is 56.5 Å². The molecule has 1 aromatic carbocycles. The molecule has 1 fully saturated rings. The summed E-state index contributed by atoms with van der Waals surface area (Å²) >= 11 is 0. The highest BCUT2D eigenvalue weighted by Crippen LogP contribution is 2.14. The van der Waals surface area contributed by atoms with Crippen molar-refractivity contribution in [3.63, 3.8) is 0 Å². The number of sulfonamides is 1. The summed E-state index contributed by atoms with van der Waals surface area (Å²) in [6.45, 7) is 6.12. The Kier molecular flexibility index (Phi) is 7.40. The zero-order valence-electron chi connectivity index (χ0n) is 15.1. The summed E-state index contributed by atoms with van der Waals surface area (Å²) in [5, 5.41) is 2.97. The van der Waals surface area contributed by atoms with Gasteiger partial charge >= 0.3 is 0 Å². The lowest BCUT2D eigenvalue weighted by Crippen LogP contribution is -2.40. The quantitative estimate of drug-likeness (QED) is 0.727. The molecule has 0 radical (unpaired) electrons. The van der Waals surface area contributed by atoms with E-state index in [1.165, 1.54) is 19.9 Å².